The van der Waals surface area contributed by atoms with Gasteiger partial charge in [-0.05, 0) is 25.4 Å². The fourth-order valence-corrected chi connectivity index (χ4v) is 3.36. The SMILES string of the molecule is Cc1nc(N2CCN(C)CC2)ncc1C(=O)Nc1cccc2ccccc12. The smallest absolute Gasteiger partial charge is 0.259 e. The molecule has 1 fully saturated rings. The van der Waals surface area contributed by atoms with Gasteiger partial charge in [0.05, 0.1) is 11.3 Å². The third kappa shape index (κ3) is 3.61. The van der Waals surface area contributed by atoms with Crippen LogP contribution < -0.4 is 10.2 Å². The lowest BCUT2D eigenvalue weighted by Gasteiger charge is -2.32. The Morgan fingerprint density at radius 3 is 2.56 bits per heavy atom. The summed E-state index contributed by atoms with van der Waals surface area (Å²) in [4.78, 5) is 26.3. The summed E-state index contributed by atoms with van der Waals surface area (Å²) < 4.78 is 0. The van der Waals surface area contributed by atoms with Crippen LogP contribution in [0.4, 0.5) is 11.6 Å². The van der Waals surface area contributed by atoms with Gasteiger partial charge in [-0.3, -0.25) is 4.79 Å². The normalized spacial score (nSPS) is 15.1. The minimum atomic E-state index is -0.186. The number of benzene rings is 2. The number of nitrogens with zero attached hydrogens (tertiary/aromatic N) is 4. The summed E-state index contributed by atoms with van der Waals surface area (Å²) in [5, 5.41) is 5.11. The van der Waals surface area contributed by atoms with Crippen molar-refractivity contribution in [3.63, 3.8) is 0 Å². The number of fused-ring (bicyclic) bond motifs is 1. The summed E-state index contributed by atoms with van der Waals surface area (Å²) in [5.41, 5.74) is 1.98. The topological polar surface area (TPSA) is 61.4 Å². The molecule has 138 valence electrons. The summed E-state index contributed by atoms with van der Waals surface area (Å²) in [6.45, 7) is 5.64. The third-order valence-corrected chi connectivity index (χ3v) is 5.04. The first kappa shape index (κ1) is 17.4. The van der Waals surface area contributed by atoms with Crippen LogP contribution in [0.1, 0.15) is 16.1 Å². The Morgan fingerprint density at radius 2 is 1.78 bits per heavy atom. The fourth-order valence-electron chi connectivity index (χ4n) is 3.36. The Morgan fingerprint density at radius 1 is 1.04 bits per heavy atom. The van der Waals surface area contributed by atoms with Crippen molar-refractivity contribution in [1.82, 2.24) is 14.9 Å². The Kier molecular flexibility index (Phi) is 4.73. The van der Waals surface area contributed by atoms with Crippen molar-refractivity contribution in [3.8, 4) is 0 Å². The first-order chi connectivity index (χ1) is 13.1. The zero-order chi connectivity index (χ0) is 18.8. The molecule has 1 aliphatic heterocycles. The molecule has 0 spiro atoms. The van der Waals surface area contributed by atoms with Crippen LogP contribution in [-0.2, 0) is 0 Å². The number of likely N-dealkylation sites (N-methyl/N-ethyl adjacent to an activating group) is 1. The van der Waals surface area contributed by atoms with E-state index in [1.807, 2.05) is 49.4 Å². The monoisotopic (exact) mass is 361 g/mol. The van der Waals surface area contributed by atoms with Gasteiger partial charge in [-0.1, -0.05) is 36.4 Å². The van der Waals surface area contributed by atoms with E-state index in [-0.39, 0.29) is 5.91 Å². The number of aromatic nitrogens is 2. The zero-order valence-corrected chi connectivity index (χ0v) is 15.6. The first-order valence-electron chi connectivity index (χ1n) is 9.18. The molecule has 4 rings (SSSR count). The van der Waals surface area contributed by atoms with Gasteiger partial charge in [0.1, 0.15) is 0 Å². The van der Waals surface area contributed by atoms with Crippen LogP contribution in [0.25, 0.3) is 10.8 Å². The Balaban J connectivity index is 1.55. The maximum atomic E-state index is 12.8. The van der Waals surface area contributed by atoms with Gasteiger partial charge < -0.3 is 15.1 Å². The number of carbonyl (C=O) groups excluding carboxylic acids is 1. The van der Waals surface area contributed by atoms with Crippen molar-refractivity contribution < 1.29 is 4.79 Å². The molecule has 1 aromatic heterocycles. The fraction of sp³-hybridized carbons (Fsp3) is 0.286. The molecule has 0 bridgehead atoms. The number of aryl methyl sites for hydroxylation is 1. The van der Waals surface area contributed by atoms with Crippen molar-refractivity contribution in [2.45, 2.75) is 6.92 Å². The highest BCUT2D eigenvalue weighted by atomic mass is 16.1. The predicted octanol–water partition coefficient (Wildman–Crippen LogP) is 2.94. The molecule has 2 heterocycles. The van der Waals surface area contributed by atoms with Gasteiger partial charge in [-0.15, -0.1) is 0 Å². The van der Waals surface area contributed by atoms with E-state index in [2.05, 4.69) is 32.1 Å². The molecule has 6 heteroatoms. The van der Waals surface area contributed by atoms with Gasteiger partial charge >= 0.3 is 0 Å². The van der Waals surface area contributed by atoms with Crippen molar-refractivity contribution in [3.05, 3.63) is 59.9 Å². The van der Waals surface area contributed by atoms with Crippen molar-refractivity contribution in [2.75, 3.05) is 43.4 Å². The third-order valence-electron chi connectivity index (χ3n) is 5.04. The van der Waals surface area contributed by atoms with Gasteiger partial charge in [-0.25, -0.2) is 9.97 Å². The van der Waals surface area contributed by atoms with Crippen LogP contribution in [-0.4, -0.2) is 54.0 Å². The summed E-state index contributed by atoms with van der Waals surface area (Å²) >= 11 is 0. The van der Waals surface area contributed by atoms with Crippen LogP contribution in [0.3, 0.4) is 0 Å². The Labute approximate surface area is 158 Å². The van der Waals surface area contributed by atoms with Gasteiger partial charge in [0.2, 0.25) is 5.95 Å². The van der Waals surface area contributed by atoms with Crippen LogP contribution in [0, 0.1) is 6.92 Å². The lowest BCUT2D eigenvalue weighted by Crippen LogP contribution is -2.45. The molecule has 0 radical (unpaired) electrons. The number of hydrogen-bond acceptors (Lipinski definition) is 5. The molecule has 0 aliphatic carbocycles. The number of hydrogen-bond donors (Lipinski definition) is 1. The van der Waals surface area contributed by atoms with E-state index in [9.17, 15) is 4.79 Å². The average molecular weight is 361 g/mol. The molecule has 0 unspecified atom stereocenters. The summed E-state index contributed by atoms with van der Waals surface area (Å²) in [5.74, 6) is 0.510. The molecule has 1 N–H and O–H groups in total. The summed E-state index contributed by atoms with van der Waals surface area (Å²) in [7, 11) is 2.12. The Bertz CT molecular complexity index is 974. The number of carbonyl (C=O) groups is 1. The lowest BCUT2D eigenvalue weighted by atomic mass is 10.1. The molecule has 1 aliphatic rings. The zero-order valence-electron chi connectivity index (χ0n) is 15.6. The molecule has 6 nitrogen and oxygen atoms in total. The maximum absolute atomic E-state index is 12.8. The Hall–Kier alpha value is -2.99. The second kappa shape index (κ2) is 7.32. The minimum Gasteiger partial charge on any atom is -0.338 e. The van der Waals surface area contributed by atoms with Gasteiger partial charge in [-0.2, -0.15) is 0 Å². The quantitative estimate of drug-likeness (QED) is 0.777. The van der Waals surface area contributed by atoms with Gasteiger partial charge in [0, 0.05) is 43.4 Å². The van der Waals surface area contributed by atoms with E-state index in [4.69, 9.17) is 0 Å². The molecule has 2 aromatic carbocycles. The van der Waals surface area contributed by atoms with Gasteiger partial charge in [0.15, 0.2) is 0 Å². The van der Waals surface area contributed by atoms with Crippen molar-refractivity contribution in [1.29, 1.82) is 0 Å². The number of amides is 1. The second-order valence-corrected chi connectivity index (χ2v) is 6.94. The number of anilines is 2. The molecular weight excluding hydrogens is 338 g/mol. The number of piperazine rings is 1. The lowest BCUT2D eigenvalue weighted by molar-refractivity contribution is 0.102. The highest BCUT2D eigenvalue weighted by molar-refractivity contribution is 6.09. The van der Waals surface area contributed by atoms with Crippen LogP contribution in [0.15, 0.2) is 48.7 Å². The average Bonchev–Trinajstić information content (AvgIpc) is 2.68. The molecule has 0 atom stereocenters. The highest BCUT2D eigenvalue weighted by Gasteiger charge is 2.19. The molecule has 3 aromatic rings. The van der Waals surface area contributed by atoms with E-state index in [0.717, 1.165) is 42.6 Å². The molecular formula is C21H23N5O. The van der Waals surface area contributed by atoms with Crippen LogP contribution >= 0.6 is 0 Å². The van der Waals surface area contributed by atoms with Crippen LogP contribution in [0.5, 0.6) is 0 Å². The van der Waals surface area contributed by atoms with E-state index >= 15 is 0 Å². The standard InChI is InChI=1S/C21H23N5O/c1-15-18(14-22-21(23-15)26-12-10-25(2)11-13-26)20(27)24-19-9-5-7-16-6-3-4-8-17(16)19/h3-9,14H,10-13H2,1-2H3,(H,24,27). The number of rotatable bonds is 3. The van der Waals surface area contributed by atoms with E-state index in [0.29, 0.717) is 17.2 Å². The van der Waals surface area contributed by atoms with E-state index in [1.165, 1.54) is 0 Å². The highest BCUT2D eigenvalue weighted by Crippen LogP contribution is 2.24. The van der Waals surface area contributed by atoms with Crippen molar-refractivity contribution >= 4 is 28.3 Å². The molecule has 1 amide bonds. The maximum Gasteiger partial charge on any atom is 0.259 e. The summed E-state index contributed by atoms with van der Waals surface area (Å²) in [6.07, 6.45) is 1.64. The summed E-state index contributed by atoms with van der Waals surface area (Å²) in [6, 6.07) is 13.9. The molecule has 1 saturated heterocycles. The van der Waals surface area contributed by atoms with Crippen molar-refractivity contribution in [2.24, 2.45) is 0 Å². The predicted molar refractivity (Wildman–Crippen MR) is 108 cm³/mol. The minimum absolute atomic E-state index is 0.186. The van der Waals surface area contributed by atoms with E-state index < -0.39 is 0 Å². The molecule has 27 heavy (non-hydrogen) atoms. The van der Waals surface area contributed by atoms with Gasteiger partial charge in [0.25, 0.3) is 5.91 Å². The van der Waals surface area contributed by atoms with Crippen LogP contribution in [0.2, 0.25) is 0 Å². The second-order valence-electron chi connectivity index (χ2n) is 6.94. The largest absolute Gasteiger partial charge is 0.338 e. The first-order valence-corrected chi connectivity index (χ1v) is 9.18. The van der Waals surface area contributed by atoms with E-state index in [1.54, 1.807) is 6.20 Å². The number of nitrogens with one attached hydrogen (secondary N) is 1. The molecule has 0 saturated carbocycles.